The molecule has 0 aliphatic carbocycles. The van der Waals surface area contributed by atoms with Crippen LogP contribution in [0.4, 0.5) is 0 Å². The zero-order chi connectivity index (χ0) is 14.4. The summed E-state index contributed by atoms with van der Waals surface area (Å²) in [6.07, 6.45) is 1.56. The Morgan fingerprint density at radius 3 is 2.74 bits per heavy atom. The van der Waals surface area contributed by atoms with Crippen molar-refractivity contribution in [3.63, 3.8) is 0 Å². The van der Waals surface area contributed by atoms with E-state index in [2.05, 4.69) is 29.2 Å². The van der Waals surface area contributed by atoms with Gasteiger partial charge in [0.25, 0.3) is 0 Å². The number of hydrogen-bond acceptors (Lipinski definition) is 4. The van der Waals surface area contributed by atoms with Crippen molar-refractivity contribution in [3.05, 3.63) is 12.2 Å². The van der Waals surface area contributed by atoms with Crippen LogP contribution in [0.2, 0.25) is 0 Å². The average molecular weight is 267 g/mol. The Morgan fingerprint density at radius 2 is 2.16 bits per heavy atom. The molecule has 0 radical (unpaired) electrons. The Balaban J connectivity index is 2.52. The summed E-state index contributed by atoms with van der Waals surface area (Å²) in [6.45, 7) is 10.2. The van der Waals surface area contributed by atoms with Crippen LogP contribution in [0.1, 0.15) is 33.5 Å². The lowest BCUT2D eigenvalue weighted by molar-refractivity contribution is -0.131. The molecule has 1 aromatic rings. The van der Waals surface area contributed by atoms with Crippen LogP contribution in [-0.2, 0) is 17.9 Å². The molecule has 19 heavy (non-hydrogen) atoms. The van der Waals surface area contributed by atoms with Gasteiger partial charge >= 0.3 is 0 Å². The van der Waals surface area contributed by atoms with E-state index in [4.69, 9.17) is 0 Å². The minimum atomic E-state index is -0.214. The van der Waals surface area contributed by atoms with E-state index in [9.17, 15) is 4.79 Å². The molecule has 1 N–H and O–H groups in total. The maximum Gasteiger partial charge on any atom is 0.239 e. The van der Waals surface area contributed by atoms with Crippen LogP contribution in [-0.4, -0.2) is 45.2 Å². The number of likely N-dealkylation sites (N-methyl/N-ethyl adjacent to an activating group) is 1. The summed E-state index contributed by atoms with van der Waals surface area (Å²) in [5, 5.41) is 7.40. The third-order valence-corrected chi connectivity index (χ3v) is 3.02. The number of carbonyl (C=O) groups is 1. The first-order valence-electron chi connectivity index (χ1n) is 6.80. The Bertz CT molecular complexity index is 401. The van der Waals surface area contributed by atoms with E-state index in [1.54, 1.807) is 11.2 Å². The molecular formula is C13H25N5O. The highest BCUT2D eigenvalue weighted by atomic mass is 16.2. The van der Waals surface area contributed by atoms with Gasteiger partial charge in [-0.25, -0.2) is 9.67 Å². The fourth-order valence-electron chi connectivity index (χ4n) is 1.74. The number of hydrogen-bond donors (Lipinski definition) is 1. The van der Waals surface area contributed by atoms with Crippen LogP contribution >= 0.6 is 0 Å². The first-order valence-corrected chi connectivity index (χ1v) is 6.80. The highest BCUT2D eigenvalue weighted by molar-refractivity contribution is 5.81. The molecule has 0 saturated heterocycles. The van der Waals surface area contributed by atoms with Gasteiger partial charge in [0.1, 0.15) is 12.2 Å². The number of rotatable bonds is 7. The van der Waals surface area contributed by atoms with Crippen LogP contribution in [0.3, 0.4) is 0 Å². The second-order valence-electron chi connectivity index (χ2n) is 5.21. The third-order valence-electron chi connectivity index (χ3n) is 3.02. The first-order chi connectivity index (χ1) is 8.95. The minimum Gasteiger partial charge on any atom is -0.345 e. The highest BCUT2D eigenvalue weighted by Gasteiger charge is 2.16. The Labute approximate surface area is 115 Å². The molecule has 0 aromatic carbocycles. The second-order valence-corrected chi connectivity index (χ2v) is 5.21. The molecule has 6 nitrogen and oxygen atoms in total. The largest absolute Gasteiger partial charge is 0.345 e. The summed E-state index contributed by atoms with van der Waals surface area (Å²) in [6, 6.07) is -0.214. The predicted octanol–water partition coefficient (Wildman–Crippen LogP) is 0.890. The van der Waals surface area contributed by atoms with E-state index in [1.165, 1.54) is 0 Å². The van der Waals surface area contributed by atoms with Crippen molar-refractivity contribution in [2.24, 2.45) is 5.92 Å². The van der Waals surface area contributed by atoms with Crippen molar-refractivity contribution in [1.82, 2.24) is 25.0 Å². The molecule has 6 heteroatoms. The lowest BCUT2D eigenvalue weighted by Gasteiger charge is -2.20. The molecule has 0 aliphatic rings. The van der Waals surface area contributed by atoms with E-state index in [0.717, 1.165) is 12.4 Å². The molecule has 0 bridgehead atoms. The zero-order valence-corrected chi connectivity index (χ0v) is 12.6. The van der Waals surface area contributed by atoms with Crippen LogP contribution in [0, 0.1) is 5.92 Å². The lowest BCUT2D eigenvalue weighted by Crippen LogP contribution is -2.43. The van der Waals surface area contributed by atoms with E-state index in [0.29, 0.717) is 19.0 Å². The highest BCUT2D eigenvalue weighted by Crippen LogP contribution is 2.02. The van der Waals surface area contributed by atoms with E-state index >= 15 is 0 Å². The first kappa shape index (κ1) is 15.6. The lowest BCUT2D eigenvalue weighted by atomic mass is 10.2. The molecular weight excluding hydrogens is 242 g/mol. The number of nitrogens with one attached hydrogen (secondary N) is 1. The number of amides is 1. The Hall–Kier alpha value is -1.43. The molecule has 0 spiro atoms. The Kier molecular flexibility index (Phi) is 5.95. The molecule has 0 aliphatic heterocycles. The zero-order valence-electron chi connectivity index (χ0n) is 12.6. The summed E-state index contributed by atoms with van der Waals surface area (Å²) in [5.41, 5.74) is 0. The van der Waals surface area contributed by atoms with Crippen LogP contribution in [0.15, 0.2) is 6.33 Å². The maximum absolute atomic E-state index is 11.9. The van der Waals surface area contributed by atoms with Crippen molar-refractivity contribution in [2.75, 3.05) is 13.6 Å². The van der Waals surface area contributed by atoms with E-state index in [-0.39, 0.29) is 11.9 Å². The van der Waals surface area contributed by atoms with Gasteiger partial charge in [0.15, 0.2) is 0 Å². The number of aromatic nitrogens is 3. The molecule has 1 amide bonds. The fraction of sp³-hybridized carbons (Fsp3) is 0.769. The molecule has 108 valence electrons. The third kappa shape index (κ3) is 4.63. The molecule has 1 atom stereocenters. The quantitative estimate of drug-likeness (QED) is 0.797. The summed E-state index contributed by atoms with van der Waals surface area (Å²) >= 11 is 0. The van der Waals surface area contributed by atoms with Gasteiger partial charge in [0, 0.05) is 20.1 Å². The van der Waals surface area contributed by atoms with Gasteiger partial charge < -0.3 is 4.90 Å². The Morgan fingerprint density at radius 1 is 1.47 bits per heavy atom. The minimum absolute atomic E-state index is 0.0948. The summed E-state index contributed by atoms with van der Waals surface area (Å²) in [4.78, 5) is 17.9. The normalized spacial score (nSPS) is 12.7. The van der Waals surface area contributed by atoms with Crippen LogP contribution in [0.5, 0.6) is 0 Å². The topological polar surface area (TPSA) is 63.1 Å². The summed E-state index contributed by atoms with van der Waals surface area (Å²) in [5.74, 6) is 1.48. The molecule has 1 heterocycles. The predicted molar refractivity (Wildman–Crippen MR) is 74.5 cm³/mol. The van der Waals surface area contributed by atoms with Crippen LogP contribution < -0.4 is 5.32 Å². The van der Waals surface area contributed by atoms with Crippen LogP contribution in [0.25, 0.3) is 0 Å². The number of nitrogens with zero attached hydrogens (tertiary/aromatic N) is 4. The fourth-order valence-corrected chi connectivity index (χ4v) is 1.74. The second kappa shape index (κ2) is 7.23. The maximum atomic E-state index is 11.9. The van der Waals surface area contributed by atoms with Gasteiger partial charge in [-0.1, -0.05) is 13.8 Å². The molecule has 1 rings (SSSR count). The van der Waals surface area contributed by atoms with Gasteiger partial charge in [0.2, 0.25) is 5.91 Å². The monoisotopic (exact) mass is 267 g/mol. The van der Waals surface area contributed by atoms with E-state index in [1.807, 2.05) is 25.6 Å². The van der Waals surface area contributed by atoms with E-state index < -0.39 is 0 Å². The molecule has 1 aromatic heterocycles. The van der Waals surface area contributed by atoms with Gasteiger partial charge in [0.05, 0.1) is 12.6 Å². The van der Waals surface area contributed by atoms with Gasteiger partial charge in [-0.05, 0) is 19.8 Å². The molecule has 0 saturated carbocycles. The number of carbonyl (C=O) groups excluding carboxylic acids is 1. The molecule has 0 fully saturated rings. The average Bonchev–Trinajstić information content (AvgIpc) is 2.80. The van der Waals surface area contributed by atoms with Crippen molar-refractivity contribution in [3.8, 4) is 0 Å². The van der Waals surface area contributed by atoms with Gasteiger partial charge in [-0.3, -0.25) is 10.1 Å². The smallest absolute Gasteiger partial charge is 0.239 e. The van der Waals surface area contributed by atoms with Crippen molar-refractivity contribution >= 4 is 5.91 Å². The van der Waals surface area contributed by atoms with Gasteiger partial charge in [-0.15, -0.1) is 0 Å². The molecule has 1 unspecified atom stereocenters. The standard InChI is InChI=1S/C13H25N5O/c1-6-17(5)13(19)11(4)14-7-12-15-9-16-18(12)8-10(2)3/h9-11,14H,6-8H2,1-5H3. The summed E-state index contributed by atoms with van der Waals surface area (Å²) < 4.78 is 1.89. The van der Waals surface area contributed by atoms with Crippen molar-refractivity contribution < 1.29 is 4.79 Å². The SMILES string of the molecule is CCN(C)C(=O)C(C)NCc1ncnn1CC(C)C. The van der Waals surface area contributed by atoms with Crippen molar-refractivity contribution in [1.29, 1.82) is 0 Å². The van der Waals surface area contributed by atoms with Gasteiger partial charge in [-0.2, -0.15) is 5.10 Å². The van der Waals surface area contributed by atoms with Crippen molar-refractivity contribution in [2.45, 2.75) is 46.8 Å². The summed E-state index contributed by atoms with van der Waals surface area (Å²) in [7, 11) is 1.81.